The van der Waals surface area contributed by atoms with Crippen LogP contribution in [0.5, 0.6) is 0 Å². The molecule has 0 heterocycles. The van der Waals surface area contributed by atoms with Gasteiger partial charge in [-0.2, -0.15) is 0 Å². The molecule has 0 unspecified atom stereocenters. The summed E-state index contributed by atoms with van der Waals surface area (Å²) >= 11 is 0. The summed E-state index contributed by atoms with van der Waals surface area (Å²) < 4.78 is 5.01. The highest BCUT2D eigenvalue weighted by Crippen LogP contribution is 2.33. The van der Waals surface area contributed by atoms with E-state index >= 15 is 0 Å². The molecular formula is C9H17BO2. The Hall–Kier alpha value is -0.465. The van der Waals surface area contributed by atoms with Crippen LogP contribution in [-0.4, -0.2) is 12.9 Å². The van der Waals surface area contributed by atoms with Gasteiger partial charge in [0.1, 0.15) is 0 Å². The number of hydrogen-bond acceptors (Lipinski definition) is 2. The fraction of sp³-hybridized carbons (Fsp3) is 0.889. The summed E-state index contributed by atoms with van der Waals surface area (Å²) in [6.45, 7) is 3.82. The summed E-state index contributed by atoms with van der Waals surface area (Å²) in [6, 6.07) is 0. The lowest BCUT2D eigenvalue weighted by molar-refractivity contribution is -0.134. The van der Waals surface area contributed by atoms with Crippen molar-refractivity contribution < 1.29 is 9.45 Å². The van der Waals surface area contributed by atoms with E-state index in [1.807, 2.05) is 13.6 Å². The highest BCUT2D eigenvalue weighted by molar-refractivity contribution is 6.50. The van der Waals surface area contributed by atoms with E-state index in [2.05, 4.69) is 0 Å². The number of hydrogen-bond donors (Lipinski definition) is 0. The summed E-state index contributed by atoms with van der Waals surface area (Å²) in [6.07, 6.45) is 5.58. The van der Waals surface area contributed by atoms with Crippen LogP contribution in [0.3, 0.4) is 0 Å². The Morgan fingerprint density at radius 1 is 1.50 bits per heavy atom. The molecule has 3 heteroatoms. The first-order valence-corrected chi connectivity index (χ1v) is 4.88. The number of rotatable bonds is 5. The first-order chi connectivity index (χ1) is 5.68. The Bertz CT molecular complexity index is 153. The fourth-order valence-electron chi connectivity index (χ4n) is 1.26. The van der Waals surface area contributed by atoms with Crippen molar-refractivity contribution in [3.8, 4) is 0 Å². The minimum Gasteiger partial charge on any atom is -0.537 e. The van der Waals surface area contributed by atoms with Gasteiger partial charge < -0.3 is 4.65 Å². The molecule has 2 nitrogen and oxygen atoms in total. The van der Waals surface area contributed by atoms with E-state index in [0.717, 1.165) is 12.3 Å². The summed E-state index contributed by atoms with van der Waals surface area (Å²) in [5.41, 5.74) is 0. The van der Waals surface area contributed by atoms with Gasteiger partial charge >= 0.3 is 6.92 Å². The highest BCUT2D eigenvalue weighted by Gasteiger charge is 2.20. The van der Waals surface area contributed by atoms with Crippen molar-refractivity contribution in [3.63, 3.8) is 0 Å². The molecule has 0 N–H and O–H groups in total. The van der Waals surface area contributed by atoms with Crippen LogP contribution >= 0.6 is 0 Å². The number of carbonyl (C=O) groups excluding carboxylic acids is 1. The largest absolute Gasteiger partial charge is 0.537 e. The van der Waals surface area contributed by atoms with Crippen LogP contribution < -0.4 is 0 Å². The second kappa shape index (κ2) is 4.53. The Morgan fingerprint density at radius 2 is 2.17 bits per heavy atom. The van der Waals surface area contributed by atoms with Crippen molar-refractivity contribution in [3.05, 3.63) is 0 Å². The van der Waals surface area contributed by atoms with Crippen molar-refractivity contribution in [1.29, 1.82) is 0 Å². The van der Waals surface area contributed by atoms with Gasteiger partial charge in [-0.05, 0) is 32.4 Å². The predicted molar refractivity (Wildman–Crippen MR) is 50.1 cm³/mol. The SMILES string of the molecule is CB(C)OC(=O)CCCC1CC1. The third-order valence-electron chi connectivity index (χ3n) is 2.06. The topological polar surface area (TPSA) is 26.3 Å². The molecule has 0 atom stereocenters. The molecule has 0 aromatic carbocycles. The average Bonchev–Trinajstić information content (AvgIpc) is 2.69. The van der Waals surface area contributed by atoms with Crippen LogP contribution in [-0.2, 0) is 9.45 Å². The van der Waals surface area contributed by atoms with Crippen LogP contribution in [0.25, 0.3) is 0 Å². The van der Waals surface area contributed by atoms with Gasteiger partial charge in [0, 0.05) is 6.42 Å². The minimum atomic E-state index is -0.0364. The van der Waals surface area contributed by atoms with Crippen LogP contribution in [0.2, 0.25) is 13.6 Å². The molecule has 0 bridgehead atoms. The van der Waals surface area contributed by atoms with Crippen LogP contribution in [0.4, 0.5) is 0 Å². The van der Waals surface area contributed by atoms with Crippen molar-refractivity contribution in [1.82, 2.24) is 0 Å². The van der Waals surface area contributed by atoms with Gasteiger partial charge in [0.05, 0.1) is 0 Å². The second-order valence-electron chi connectivity index (χ2n) is 3.87. The summed E-state index contributed by atoms with van der Waals surface area (Å²) in [7, 11) is 0. The molecule has 0 saturated heterocycles. The molecule has 0 amide bonds. The molecule has 0 spiro atoms. The normalized spacial score (nSPS) is 15.8. The summed E-state index contributed by atoms with van der Waals surface area (Å²) in [5, 5.41) is 0. The van der Waals surface area contributed by atoms with Crippen LogP contribution in [0, 0.1) is 5.92 Å². The Labute approximate surface area is 74.8 Å². The van der Waals surface area contributed by atoms with Crippen molar-refractivity contribution in [2.75, 3.05) is 0 Å². The van der Waals surface area contributed by atoms with E-state index in [4.69, 9.17) is 4.65 Å². The molecule has 1 saturated carbocycles. The van der Waals surface area contributed by atoms with Gasteiger partial charge in [-0.1, -0.05) is 12.8 Å². The van der Waals surface area contributed by atoms with Crippen molar-refractivity contribution in [2.24, 2.45) is 5.92 Å². The second-order valence-corrected chi connectivity index (χ2v) is 3.87. The molecule has 1 aliphatic carbocycles. The molecule has 0 aromatic rings. The van der Waals surface area contributed by atoms with E-state index in [9.17, 15) is 4.79 Å². The third-order valence-corrected chi connectivity index (χ3v) is 2.06. The highest BCUT2D eigenvalue weighted by atomic mass is 16.5. The van der Waals surface area contributed by atoms with Gasteiger partial charge in [-0.15, -0.1) is 0 Å². The molecule has 0 radical (unpaired) electrons. The monoisotopic (exact) mass is 168 g/mol. The van der Waals surface area contributed by atoms with Gasteiger partial charge in [-0.25, -0.2) is 0 Å². The lowest BCUT2D eigenvalue weighted by Crippen LogP contribution is -2.14. The van der Waals surface area contributed by atoms with E-state index < -0.39 is 0 Å². The van der Waals surface area contributed by atoms with Gasteiger partial charge in [-0.3, -0.25) is 4.79 Å². The fourth-order valence-corrected chi connectivity index (χ4v) is 1.26. The maximum absolute atomic E-state index is 11.0. The Kier molecular flexibility index (Phi) is 3.64. The molecule has 68 valence electrons. The van der Waals surface area contributed by atoms with Gasteiger partial charge in [0.15, 0.2) is 0 Å². The van der Waals surface area contributed by atoms with Crippen molar-refractivity contribution >= 4 is 12.9 Å². The van der Waals surface area contributed by atoms with E-state index in [0.29, 0.717) is 6.42 Å². The standard InChI is InChI=1S/C9H17BO2/c1-10(2)12-9(11)5-3-4-8-6-7-8/h8H,3-7H2,1-2H3. The van der Waals surface area contributed by atoms with Crippen LogP contribution in [0.15, 0.2) is 0 Å². The molecule has 0 aliphatic heterocycles. The van der Waals surface area contributed by atoms with E-state index in [-0.39, 0.29) is 12.9 Å². The average molecular weight is 168 g/mol. The van der Waals surface area contributed by atoms with E-state index in [1.165, 1.54) is 19.3 Å². The number of carbonyl (C=O) groups is 1. The molecule has 1 aliphatic rings. The predicted octanol–water partition coefficient (Wildman–Crippen LogP) is 2.36. The molecular weight excluding hydrogens is 151 g/mol. The Balaban J connectivity index is 1.93. The zero-order valence-corrected chi connectivity index (χ0v) is 8.01. The molecule has 1 rings (SSSR count). The molecule has 0 aromatic heterocycles. The first-order valence-electron chi connectivity index (χ1n) is 4.88. The van der Waals surface area contributed by atoms with Gasteiger partial charge in [0.25, 0.3) is 5.97 Å². The van der Waals surface area contributed by atoms with Crippen LogP contribution in [0.1, 0.15) is 32.1 Å². The molecule has 1 fully saturated rings. The molecule has 12 heavy (non-hydrogen) atoms. The minimum absolute atomic E-state index is 0.0364. The maximum Gasteiger partial charge on any atom is 0.355 e. The maximum atomic E-state index is 11.0. The summed E-state index contributed by atoms with van der Waals surface area (Å²) in [5.74, 6) is 0.891. The Morgan fingerprint density at radius 3 is 2.67 bits per heavy atom. The third kappa shape index (κ3) is 4.42. The smallest absolute Gasteiger partial charge is 0.355 e. The summed E-state index contributed by atoms with van der Waals surface area (Å²) in [4.78, 5) is 11.0. The first kappa shape index (κ1) is 9.62. The quantitative estimate of drug-likeness (QED) is 0.589. The van der Waals surface area contributed by atoms with Gasteiger partial charge in [0.2, 0.25) is 0 Å². The zero-order valence-electron chi connectivity index (χ0n) is 8.01. The lowest BCUT2D eigenvalue weighted by atomic mass is 9.75. The lowest BCUT2D eigenvalue weighted by Gasteiger charge is -2.04. The van der Waals surface area contributed by atoms with E-state index in [1.54, 1.807) is 0 Å². The van der Waals surface area contributed by atoms with Crippen molar-refractivity contribution in [2.45, 2.75) is 45.8 Å². The zero-order chi connectivity index (χ0) is 8.97.